The highest BCUT2D eigenvalue weighted by Crippen LogP contribution is 2.15. The van der Waals surface area contributed by atoms with Crippen LogP contribution < -0.4 is 16.0 Å². The number of carbonyl (C=O) groups excluding carboxylic acids is 2. The van der Waals surface area contributed by atoms with Crippen LogP contribution in [0.1, 0.15) is 28.7 Å². The molecule has 3 rings (SSSR count). The van der Waals surface area contributed by atoms with Gasteiger partial charge in [-0.15, -0.1) is 0 Å². The number of benzene rings is 2. The predicted molar refractivity (Wildman–Crippen MR) is 114 cm³/mol. The van der Waals surface area contributed by atoms with E-state index >= 15 is 0 Å². The Kier molecular flexibility index (Phi) is 6.52. The molecule has 0 fully saturated rings. The zero-order chi connectivity index (χ0) is 20.6. The molecule has 0 aliphatic rings. The molecule has 0 bridgehead atoms. The van der Waals surface area contributed by atoms with Crippen LogP contribution in [0.4, 0.5) is 17.3 Å². The van der Waals surface area contributed by atoms with Crippen LogP contribution in [0, 0.1) is 6.92 Å². The van der Waals surface area contributed by atoms with E-state index in [0.717, 1.165) is 6.42 Å². The first kappa shape index (κ1) is 20.0. The molecule has 0 aliphatic heterocycles. The zero-order valence-electron chi connectivity index (χ0n) is 16.4. The van der Waals surface area contributed by atoms with Gasteiger partial charge in [-0.2, -0.15) is 0 Å². The van der Waals surface area contributed by atoms with Gasteiger partial charge in [0.2, 0.25) is 11.9 Å². The maximum atomic E-state index is 12.6. The van der Waals surface area contributed by atoms with Crippen molar-refractivity contribution in [3.63, 3.8) is 0 Å². The number of aryl methyl sites for hydroxylation is 1. The number of amides is 2. The third-order valence-corrected chi connectivity index (χ3v) is 4.09. The first-order chi connectivity index (χ1) is 14.0. The van der Waals surface area contributed by atoms with Crippen LogP contribution in [0.5, 0.6) is 0 Å². The second kappa shape index (κ2) is 9.45. The summed E-state index contributed by atoms with van der Waals surface area (Å²) in [5, 5.41) is 8.66. The van der Waals surface area contributed by atoms with Crippen molar-refractivity contribution < 1.29 is 9.59 Å². The van der Waals surface area contributed by atoms with Crippen molar-refractivity contribution in [2.24, 2.45) is 0 Å². The van der Waals surface area contributed by atoms with Gasteiger partial charge in [-0.25, -0.2) is 9.97 Å². The van der Waals surface area contributed by atoms with Gasteiger partial charge in [0.15, 0.2) is 0 Å². The van der Waals surface area contributed by atoms with E-state index in [2.05, 4.69) is 38.1 Å². The summed E-state index contributed by atoms with van der Waals surface area (Å²) in [6.07, 6.45) is 0.834. The molecule has 0 unspecified atom stereocenters. The molecule has 148 valence electrons. The number of hydrogen-bond acceptors (Lipinski definition) is 5. The lowest BCUT2D eigenvalue weighted by molar-refractivity contribution is -0.114. The smallest absolute Gasteiger partial charge is 0.274 e. The number of aromatic nitrogens is 2. The Morgan fingerprint density at radius 2 is 1.55 bits per heavy atom. The Morgan fingerprint density at radius 1 is 0.897 bits per heavy atom. The van der Waals surface area contributed by atoms with Crippen LogP contribution in [0.3, 0.4) is 0 Å². The van der Waals surface area contributed by atoms with E-state index < -0.39 is 0 Å². The highest BCUT2D eigenvalue weighted by Gasteiger charge is 2.11. The molecule has 3 aromatic rings. The minimum Gasteiger partial charge on any atom is -0.354 e. The first-order valence-electron chi connectivity index (χ1n) is 9.32. The second-order valence-electron chi connectivity index (χ2n) is 6.59. The molecule has 3 N–H and O–H groups in total. The minimum absolute atomic E-state index is 0.148. The lowest BCUT2D eigenvalue weighted by atomic mass is 10.1. The van der Waals surface area contributed by atoms with Gasteiger partial charge in [0.05, 0.1) is 0 Å². The van der Waals surface area contributed by atoms with Crippen molar-refractivity contribution in [1.82, 2.24) is 9.97 Å². The Bertz CT molecular complexity index is 988. The van der Waals surface area contributed by atoms with E-state index in [-0.39, 0.29) is 17.5 Å². The van der Waals surface area contributed by atoms with Crippen LogP contribution in [0.15, 0.2) is 60.7 Å². The fraction of sp³-hybridized carbons (Fsp3) is 0.182. The SMILES string of the molecule is CC(=O)Nc1ccc(NC(=O)c2cc(C)nc(NCCc3ccccc3)n2)cc1. The maximum absolute atomic E-state index is 12.6. The Balaban J connectivity index is 1.62. The van der Waals surface area contributed by atoms with E-state index in [4.69, 9.17) is 0 Å². The molecule has 0 spiro atoms. The maximum Gasteiger partial charge on any atom is 0.274 e. The number of nitrogens with zero attached hydrogens (tertiary/aromatic N) is 2. The summed E-state index contributed by atoms with van der Waals surface area (Å²) in [5.74, 6) is -0.0495. The van der Waals surface area contributed by atoms with Gasteiger partial charge in [-0.05, 0) is 49.2 Å². The molecule has 0 aliphatic carbocycles. The van der Waals surface area contributed by atoms with E-state index in [0.29, 0.717) is 29.6 Å². The number of carbonyl (C=O) groups is 2. The summed E-state index contributed by atoms with van der Waals surface area (Å²) < 4.78 is 0. The van der Waals surface area contributed by atoms with Gasteiger partial charge >= 0.3 is 0 Å². The largest absolute Gasteiger partial charge is 0.354 e. The molecule has 0 saturated heterocycles. The summed E-state index contributed by atoms with van der Waals surface area (Å²) in [6, 6.07) is 18.6. The second-order valence-corrected chi connectivity index (χ2v) is 6.59. The molecule has 29 heavy (non-hydrogen) atoms. The summed E-state index contributed by atoms with van der Waals surface area (Å²) in [5.41, 5.74) is 3.48. The molecule has 7 heteroatoms. The normalized spacial score (nSPS) is 10.3. The van der Waals surface area contributed by atoms with Gasteiger partial charge < -0.3 is 16.0 Å². The van der Waals surface area contributed by atoms with Crippen molar-refractivity contribution in [3.8, 4) is 0 Å². The minimum atomic E-state index is -0.325. The van der Waals surface area contributed by atoms with E-state index in [9.17, 15) is 9.59 Å². The molecule has 0 atom stereocenters. The Labute approximate surface area is 169 Å². The summed E-state index contributed by atoms with van der Waals surface area (Å²) in [7, 11) is 0. The number of nitrogens with one attached hydrogen (secondary N) is 3. The van der Waals surface area contributed by atoms with E-state index in [1.807, 2.05) is 25.1 Å². The number of hydrogen-bond donors (Lipinski definition) is 3. The first-order valence-corrected chi connectivity index (χ1v) is 9.32. The lowest BCUT2D eigenvalue weighted by Crippen LogP contribution is -2.17. The monoisotopic (exact) mass is 389 g/mol. The van der Waals surface area contributed by atoms with Gasteiger partial charge in [0.1, 0.15) is 5.69 Å². The zero-order valence-corrected chi connectivity index (χ0v) is 16.4. The van der Waals surface area contributed by atoms with Crippen molar-refractivity contribution >= 4 is 29.1 Å². The van der Waals surface area contributed by atoms with Crippen molar-refractivity contribution in [2.45, 2.75) is 20.3 Å². The molecule has 0 radical (unpaired) electrons. The highest BCUT2D eigenvalue weighted by molar-refractivity contribution is 6.03. The van der Waals surface area contributed by atoms with Crippen LogP contribution in [-0.2, 0) is 11.2 Å². The Morgan fingerprint density at radius 3 is 2.21 bits per heavy atom. The van der Waals surface area contributed by atoms with Gasteiger partial charge in [-0.1, -0.05) is 30.3 Å². The molecule has 2 aromatic carbocycles. The lowest BCUT2D eigenvalue weighted by Gasteiger charge is -2.09. The molecular weight excluding hydrogens is 366 g/mol. The average molecular weight is 389 g/mol. The third kappa shape index (κ3) is 6.14. The molecular formula is C22H23N5O2. The van der Waals surface area contributed by atoms with Crippen molar-refractivity contribution in [1.29, 1.82) is 0 Å². The van der Waals surface area contributed by atoms with E-state index in [1.165, 1.54) is 12.5 Å². The fourth-order valence-corrected chi connectivity index (χ4v) is 2.76. The van der Waals surface area contributed by atoms with Crippen molar-refractivity contribution in [2.75, 3.05) is 22.5 Å². The standard InChI is InChI=1S/C22H23N5O2/c1-15-14-20(21(29)26-19-10-8-18(9-11-19)25-16(2)28)27-22(24-15)23-13-12-17-6-4-3-5-7-17/h3-11,14H,12-13H2,1-2H3,(H,25,28)(H,26,29)(H,23,24,27). The van der Waals surface area contributed by atoms with Gasteiger partial charge in [0.25, 0.3) is 5.91 Å². The predicted octanol–water partition coefficient (Wildman–Crippen LogP) is 3.65. The Hall–Kier alpha value is -3.74. The van der Waals surface area contributed by atoms with Gasteiger partial charge in [-0.3, -0.25) is 9.59 Å². The van der Waals surface area contributed by atoms with Crippen molar-refractivity contribution in [3.05, 3.63) is 77.6 Å². The molecule has 1 heterocycles. The highest BCUT2D eigenvalue weighted by atomic mass is 16.2. The average Bonchev–Trinajstić information content (AvgIpc) is 2.69. The topological polar surface area (TPSA) is 96.0 Å². The van der Waals surface area contributed by atoms with Crippen LogP contribution in [-0.4, -0.2) is 28.3 Å². The molecule has 1 aromatic heterocycles. The van der Waals surface area contributed by atoms with Crippen LogP contribution in [0.25, 0.3) is 0 Å². The fourth-order valence-electron chi connectivity index (χ4n) is 2.76. The summed E-state index contributed by atoms with van der Waals surface area (Å²) in [4.78, 5) is 32.3. The van der Waals surface area contributed by atoms with Gasteiger partial charge in [0, 0.05) is 30.5 Å². The van der Waals surface area contributed by atoms with Crippen LogP contribution >= 0.6 is 0 Å². The van der Waals surface area contributed by atoms with Crippen LogP contribution in [0.2, 0.25) is 0 Å². The third-order valence-electron chi connectivity index (χ3n) is 4.09. The molecule has 7 nitrogen and oxygen atoms in total. The quantitative estimate of drug-likeness (QED) is 0.573. The molecule has 0 saturated carbocycles. The summed E-state index contributed by atoms with van der Waals surface area (Å²) >= 11 is 0. The summed E-state index contributed by atoms with van der Waals surface area (Å²) in [6.45, 7) is 3.93. The molecule has 2 amide bonds. The number of rotatable bonds is 7. The number of anilines is 3. The van der Waals surface area contributed by atoms with E-state index in [1.54, 1.807) is 30.3 Å².